The number of halogens is 1. The van der Waals surface area contributed by atoms with Crippen molar-refractivity contribution in [3.05, 3.63) is 10.8 Å². The first-order valence-corrected chi connectivity index (χ1v) is 9.04. The summed E-state index contributed by atoms with van der Waals surface area (Å²) in [7, 11) is 6.03. The van der Waals surface area contributed by atoms with Crippen molar-refractivity contribution in [1.82, 2.24) is 15.3 Å². The van der Waals surface area contributed by atoms with Crippen molar-refractivity contribution >= 4 is 41.2 Å². The van der Waals surface area contributed by atoms with Crippen LogP contribution in [0.1, 0.15) is 30.3 Å². The number of primary amides is 2. The van der Waals surface area contributed by atoms with Crippen LogP contribution in [0.15, 0.2) is 0 Å². The summed E-state index contributed by atoms with van der Waals surface area (Å²) in [6.07, 6.45) is 1.80. The number of anilines is 2. The number of likely N-dealkylation sites (N-methyl/N-ethyl adjacent to an activating group) is 1. The first-order chi connectivity index (χ1) is 13.3. The Labute approximate surface area is 173 Å². The van der Waals surface area contributed by atoms with Crippen LogP contribution in [0.2, 0.25) is 5.15 Å². The van der Waals surface area contributed by atoms with Crippen LogP contribution in [0.3, 0.4) is 0 Å². The normalized spacial score (nSPS) is 12.2. The molecule has 1 rings (SSSR count). The van der Waals surface area contributed by atoms with Crippen molar-refractivity contribution in [2.45, 2.75) is 25.8 Å². The number of hydrazine groups is 2. The molecule has 1 heterocycles. The Morgan fingerprint density at radius 1 is 1.07 bits per heavy atom. The molecule has 5 amide bonds. The molecule has 0 aliphatic rings. The molecular weight excluding hydrogens is 404 g/mol. The summed E-state index contributed by atoms with van der Waals surface area (Å²) in [6.45, 7) is 2.37. The van der Waals surface area contributed by atoms with Crippen LogP contribution < -0.4 is 38.5 Å². The molecule has 29 heavy (non-hydrogen) atoms. The predicted octanol–water partition coefficient (Wildman–Crippen LogP) is -0.748. The zero-order valence-electron chi connectivity index (χ0n) is 16.8. The molecule has 14 heteroatoms. The summed E-state index contributed by atoms with van der Waals surface area (Å²) in [4.78, 5) is 43.3. The van der Waals surface area contributed by atoms with E-state index in [1.165, 1.54) is 0 Å². The number of amides is 5. The van der Waals surface area contributed by atoms with Gasteiger partial charge in [0.15, 0.2) is 22.5 Å². The van der Waals surface area contributed by atoms with Gasteiger partial charge in [0, 0.05) is 6.42 Å². The number of hydrogen-bond donors (Lipinski definition) is 5. The van der Waals surface area contributed by atoms with Crippen LogP contribution >= 0.6 is 11.6 Å². The van der Waals surface area contributed by atoms with Gasteiger partial charge in [0.2, 0.25) is 0 Å². The number of nitrogens with zero attached hydrogens (tertiary/aromatic N) is 5. The third-order valence-corrected chi connectivity index (χ3v) is 4.43. The zero-order chi connectivity index (χ0) is 22.5. The van der Waals surface area contributed by atoms with Gasteiger partial charge in [-0.1, -0.05) is 24.9 Å². The molecule has 0 aliphatic heterocycles. The van der Waals surface area contributed by atoms with Gasteiger partial charge in [-0.2, -0.15) is 0 Å². The maximum atomic E-state index is 12.7. The van der Waals surface area contributed by atoms with E-state index in [2.05, 4.69) is 15.3 Å². The highest BCUT2D eigenvalue weighted by molar-refractivity contribution is 6.32. The molecule has 9 N–H and O–H groups in total. The number of quaternary nitrogens is 1. The maximum Gasteiger partial charge on any atom is 0.335 e. The topological polar surface area (TPSA) is 200 Å². The molecule has 0 aliphatic carbocycles. The molecule has 0 spiro atoms. The highest BCUT2D eigenvalue weighted by Crippen LogP contribution is 2.25. The molecule has 162 valence electrons. The first kappa shape index (κ1) is 24.3. The van der Waals surface area contributed by atoms with Crippen LogP contribution in [0.5, 0.6) is 0 Å². The number of carbonyl (C=O) groups excluding carboxylic acids is 3. The molecule has 0 saturated carbocycles. The SMILES string of the molecule is CCC[C@H](CNC(=O)c1nc(Cl)c(N(N)C(N)=O)nc1N(N)C(N)=O)[N+](C)(C)C. The minimum atomic E-state index is -1.13. The van der Waals surface area contributed by atoms with Crippen molar-refractivity contribution < 1.29 is 18.9 Å². The molecule has 0 radical (unpaired) electrons. The summed E-state index contributed by atoms with van der Waals surface area (Å²) in [5, 5.41) is 3.12. The first-order valence-electron chi connectivity index (χ1n) is 8.66. The van der Waals surface area contributed by atoms with Crippen LogP contribution in [0.25, 0.3) is 0 Å². The highest BCUT2D eigenvalue weighted by Gasteiger charge is 2.29. The number of rotatable bonds is 8. The van der Waals surface area contributed by atoms with E-state index in [9.17, 15) is 14.4 Å². The number of carbonyl (C=O) groups is 3. The quantitative estimate of drug-likeness (QED) is 0.154. The Hall–Kier alpha value is -2.74. The van der Waals surface area contributed by atoms with Crippen molar-refractivity contribution in [3.8, 4) is 0 Å². The molecule has 1 atom stereocenters. The number of aromatic nitrogens is 2. The lowest BCUT2D eigenvalue weighted by Gasteiger charge is -2.34. The molecule has 0 saturated heterocycles. The number of nitrogens with one attached hydrogen (secondary N) is 1. The van der Waals surface area contributed by atoms with Gasteiger partial charge >= 0.3 is 12.1 Å². The van der Waals surface area contributed by atoms with E-state index >= 15 is 0 Å². The van der Waals surface area contributed by atoms with E-state index in [1.807, 2.05) is 28.1 Å². The maximum absolute atomic E-state index is 12.7. The second kappa shape index (κ2) is 9.65. The molecule has 0 aromatic carbocycles. The third-order valence-electron chi connectivity index (χ3n) is 4.18. The number of hydrogen-bond acceptors (Lipinski definition) is 7. The molecule has 13 nitrogen and oxygen atoms in total. The molecular formula is C15H28ClN10O3+. The van der Waals surface area contributed by atoms with Crippen LogP contribution in [0, 0.1) is 0 Å². The number of urea groups is 2. The highest BCUT2D eigenvalue weighted by atomic mass is 35.5. The van der Waals surface area contributed by atoms with Gasteiger partial charge < -0.3 is 21.3 Å². The summed E-state index contributed by atoms with van der Waals surface area (Å²) in [5.41, 5.74) is 9.89. The van der Waals surface area contributed by atoms with Gasteiger partial charge in [-0.25, -0.2) is 41.3 Å². The summed E-state index contributed by atoms with van der Waals surface area (Å²) < 4.78 is 0.622. The van der Waals surface area contributed by atoms with Crippen molar-refractivity contribution in [2.24, 2.45) is 23.2 Å². The van der Waals surface area contributed by atoms with Crippen LogP contribution in [0.4, 0.5) is 21.2 Å². The van der Waals surface area contributed by atoms with E-state index < -0.39 is 34.8 Å². The van der Waals surface area contributed by atoms with E-state index in [-0.39, 0.29) is 11.7 Å². The molecule has 0 bridgehead atoms. The predicted molar refractivity (Wildman–Crippen MR) is 109 cm³/mol. The Kier molecular flexibility index (Phi) is 8.08. The minimum Gasteiger partial charge on any atom is -0.350 e. The van der Waals surface area contributed by atoms with E-state index in [1.54, 1.807) is 0 Å². The van der Waals surface area contributed by atoms with Gasteiger partial charge in [0.05, 0.1) is 27.7 Å². The summed E-state index contributed by atoms with van der Waals surface area (Å²) >= 11 is 5.99. The fourth-order valence-corrected chi connectivity index (χ4v) is 2.69. The monoisotopic (exact) mass is 431 g/mol. The Bertz CT molecular complexity index is 782. The number of nitrogens with two attached hydrogens (primary N) is 4. The van der Waals surface area contributed by atoms with E-state index in [0.29, 0.717) is 21.0 Å². The summed E-state index contributed by atoms with van der Waals surface area (Å²) in [6, 6.07) is -2.11. The van der Waals surface area contributed by atoms with E-state index in [4.69, 9.17) is 34.8 Å². The largest absolute Gasteiger partial charge is 0.350 e. The Morgan fingerprint density at radius 2 is 1.59 bits per heavy atom. The van der Waals surface area contributed by atoms with Crippen molar-refractivity contribution in [2.75, 3.05) is 37.7 Å². The smallest absolute Gasteiger partial charge is 0.335 e. The van der Waals surface area contributed by atoms with Crippen molar-refractivity contribution in [1.29, 1.82) is 0 Å². The Morgan fingerprint density at radius 3 is 2.03 bits per heavy atom. The second-order valence-corrected chi connectivity index (χ2v) is 7.55. The zero-order valence-corrected chi connectivity index (χ0v) is 17.6. The lowest BCUT2D eigenvalue weighted by atomic mass is 10.1. The Balaban J connectivity index is 3.31. The fourth-order valence-electron chi connectivity index (χ4n) is 2.47. The van der Waals surface area contributed by atoms with Gasteiger partial charge in [-0.05, 0) is 0 Å². The van der Waals surface area contributed by atoms with E-state index in [0.717, 1.165) is 12.8 Å². The molecule has 1 aromatic rings. The molecule has 0 unspecified atom stereocenters. The average molecular weight is 432 g/mol. The summed E-state index contributed by atoms with van der Waals surface area (Å²) in [5.74, 6) is 9.55. The van der Waals surface area contributed by atoms with Gasteiger partial charge in [0.1, 0.15) is 6.04 Å². The lowest BCUT2D eigenvalue weighted by molar-refractivity contribution is -0.895. The third kappa shape index (κ3) is 6.12. The lowest BCUT2D eigenvalue weighted by Crippen LogP contribution is -2.51. The minimum absolute atomic E-state index is 0.120. The fraction of sp³-hybridized carbons (Fsp3) is 0.533. The van der Waals surface area contributed by atoms with Gasteiger partial charge in [0.25, 0.3) is 5.91 Å². The average Bonchev–Trinajstić information content (AvgIpc) is 2.62. The molecule has 1 aromatic heterocycles. The van der Waals surface area contributed by atoms with Crippen LogP contribution in [-0.4, -0.2) is 66.2 Å². The van der Waals surface area contributed by atoms with Gasteiger partial charge in [-0.15, -0.1) is 0 Å². The molecule has 0 fully saturated rings. The second-order valence-electron chi connectivity index (χ2n) is 7.20. The standard InChI is InChI=1S/C15H27ClN10O3/c1-5-6-8(26(2,3)4)7-21-13(27)9-11(24(19)14(17)28)23-12(10(16)22-9)25(20)15(18)29/h8H,5-7,19-20H2,1-4H3,(H4-,17,18,21,27,28,29)/p+1/t8-/m1/s1. The van der Waals surface area contributed by atoms with Crippen LogP contribution in [-0.2, 0) is 0 Å². The van der Waals surface area contributed by atoms with Crippen molar-refractivity contribution in [3.63, 3.8) is 0 Å². The van der Waals surface area contributed by atoms with Gasteiger partial charge in [-0.3, -0.25) is 4.79 Å².